The molecule has 1 saturated heterocycles. The highest BCUT2D eigenvalue weighted by atomic mass is 35.5. The first kappa shape index (κ1) is 22.5. The first-order chi connectivity index (χ1) is 13.8. The average molecular weight is 424 g/mol. The van der Waals surface area contributed by atoms with Crippen molar-refractivity contribution in [2.75, 3.05) is 50.6 Å². The highest BCUT2D eigenvalue weighted by Crippen LogP contribution is 2.35. The molecule has 0 saturated carbocycles. The summed E-state index contributed by atoms with van der Waals surface area (Å²) >= 11 is 6.45. The number of carbonyl (C=O) groups excluding carboxylic acids is 3. The third-order valence-electron chi connectivity index (χ3n) is 4.53. The van der Waals surface area contributed by atoms with Crippen LogP contribution in [0.25, 0.3) is 0 Å². The number of benzene rings is 1. The number of nitrogens with zero attached hydrogens (tertiary/aromatic N) is 2. The summed E-state index contributed by atoms with van der Waals surface area (Å²) in [6.45, 7) is 6.09. The molecule has 8 nitrogen and oxygen atoms in total. The lowest BCUT2D eigenvalue weighted by atomic mass is 10.1. The van der Waals surface area contributed by atoms with Crippen LogP contribution in [0, 0.1) is 5.92 Å². The van der Waals surface area contributed by atoms with Crippen LogP contribution in [0.1, 0.15) is 13.8 Å². The number of anilines is 2. The van der Waals surface area contributed by atoms with Crippen molar-refractivity contribution in [3.05, 3.63) is 35.0 Å². The summed E-state index contributed by atoms with van der Waals surface area (Å²) in [5.41, 5.74) is 1.16. The van der Waals surface area contributed by atoms with E-state index in [0.29, 0.717) is 42.6 Å². The molecule has 1 N–H and O–H groups in total. The van der Waals surface area contributed by atoms with Crippen molar-refractivity contribution in [1.82, 2.24) is 4.90 Å². The van der Waals surface area contributed by atoms with Gasteiger partial charge >= 0.3 is 11.9 Å². The SMILES string of the molecule is COC(=O)/C=C(/Nc1cccc(Cl)c1N1CCN(C(=O)C(C)C)CC1)C(=O)OC. The van der Waals surface area contributed by atoms with E-state index in [0.717, 1.165) is 6.08 Å². The van der Waals surface area contributed by atoms with E-state index in [1.165, 1.54) is 14.2 Å². The van der Waals surface area contributed by atoms with Gasteiger partial charge in [-0.25, -0.2) is 9.59 Å². The second-order valence-corrected chi connectivity index (χ2v) is 7.21. The van der Waals surface area contributed by atoms with Gasteiger partial charge in [-0.15, -0.1) is 0 Å². The van der Waals surface area contributed by atoms with E-state index in [2.05, 4.69) is 10.1 Å². The van der Waals surface area contributed by atoms with Crippen molar-refractivity contribution in [3.8, 4) is 0 Å². The number of para-hydroxylation sites is 1. The number of ether oxygens (including phenoxy) is 2. The molecule has 1 aromatic rings. The minimum Gasteiger partial charge on any atom is -0.466 e. The highest BCUT2D eigenvalue weighted by Gasteiger charge is 2.26. The number of amides is 1. The lowest BCUT2D eigenvalue weighted by Gasteiger charge is -2.38. The molecule has 9 heteroatoms. The molecular weight excluding hydrogens is 398 g/mol. The zero-order valence-electron chi connectivity index (χ0n) is 17.0. The van der Waals surface area contributed by atoms with Crippen LogP contribution in [0.15, 0.2) is 30.0 Å². The van der Waals surface area contributed by atoms with Gasteiger partial charge in [0.15, 0.2) is 0 Å². The summed E-state index contributed by atoms with van der Waals surface area (Å²) in [4.78, 5) is 39.8. The Labute approximate surface area is 175 Å². The molecule has 1 amide bonds. The molecule has 0 aliphatic carbocycles. The van der Waals surface area contributed by atoms with E-state index < -0.39 is 11.9 Å². The van der Waals surface area contributed by atoms with Crippen molar-refractivity contribution in [2.45, 2.75) is 13.8 Å². The number of esters is 2. The molecule has 0 bridgehead atoms. The lowest BCUT2D eigenvalue weighted by molar-refractivity contribution is -0.138. The molecule has 0 atom stereocenters. The van der Waals surface area contributed by atoms with Crippen molar-refractivity contribution < 1.29 is 23.9 Å². The predicted molar refractivity (Wildman–Crippen MR) is 111 cm³/mol. The number of piperazine rings is 1. The number of carbonyl (C=O) groups is 3. The predicted octanol–water partition coefficient (Wildman–Crippen LogP) is 2.29. The molecule has 1 fully saturated rings. The first-order valence-electron chi connectivity index (χ1n) is 9.25. The van der Waals surface area contributed by atoms with Crippen LogP contribution in [0.4, 0.5) is 11.4 Å². The maximum Gasteiger partial charge on any atom is 0.354 e. The molecule has 2 rings (SSSR count). The zero-order chi connectivity index (χ0) is 21.6. The molecule has 0 unspecified atom stereocenters. The fourth-order valence-electron chi connectivity index (χ4n) is 3.03. The molecule has 0 radical (unpaired) electrons. The van der Waals surface area contributed by atoms with Gasteiger partial charge in [0.1, 0.15) is 5.70 Å². The molecule has 29 heavy (non-hydrogen) atoms. The van der Waals surface area contributed by atoms with E-state index in [1.807, 2.05) is 23.6 Å². The zero-order valence-corrected chi connectivity index (χ0v) is 17.8. The van der Waals surface area contributed by atoms with E-state index in [9.17, 15) is 14.4 Å². The van der Waals surface area contributed by atoms with Gasteiger partial charge in [-0.2, -0.15) is 0 Å². The number of halogens is 1. The molecular formula is C20H26ClN3O5. The van der Waals surface area contributed by atoms with Gasteiger partial charge in [-0.1, -0.05) is 31.5 Å². The van der Waals surface area contributed by atoms with Gasteiger partial charge in [0.25, 0.3) is 0 Å². The summed E-state index contributed by atoms with van der Waals surface area (Å²) < 4.78 is 9.34. The van der Waals surface area contributed by atoms with Gasteiger partial charge in [-0.05, 0) is 12.1 Å². The summed E-state index contributed by atoms with van der Waals surface area (Å²) in [5.74, 6) is -1.34. The Morgan fingerprint density at radius 1 is 1.10 bits per heavy atom. The summed E-state index contributed by atoms with van der Waals surface area (Å²) in [5, 5.41) is 3.42. The fraction of sp³-hybridized carbons (Fsp3) is 0.450. The van der Waals surface area contributed by atoms with Crippen molar-refractivity contribution in [1.29, 1.82) is 0 Å². The molecule has 1 aliphatic heterocycles. The normalized spacial score (nSPS) is 14.6. The summed E-state index contributed by atoms with van der Waals surface area (Å²) in [6, 6.07) is 5.23. The Hall–Kier alpha value is -2.74. The Balaban J connectivity index is 2.27. The molecule has 1 aromatic carbocycles. The van der Waals surface area contributed by atoms with Crippen LogP contribution >= 0.6 is 11.6 Å². The Morgan fingerprint density at radius 3 is 2.31 bits per heavy atom. The van der Waals surface area contributed by atoms with Gasteiger partial charge in [0, 0.05) is 32.1 Å². The van der Waals surface area contributed by atoms with Gasteiger partial charge in [0.05, 0.1) is 36.7 Å². The van der Waals surface area contributed by atoms with E-state index in [-0.39, 0.29) is 17.5 Å². The molecule has 0 spiro atoms. The van der Waals surface area contributed by atoms with Crippen molar-refractivity contribution in [2.24, 2.45) is 5.92 Å². The topological polar surface area (TPSA) is 88.2 Å². The van der Waals surface area contributed by atoms with Crippen molar-refractivity contribution in [3.63, 3.8) is 0 Å². The average Bonchev–Trinajstić information content (AvgIpc) is 2.72. The van der Waals surface area contributed by atoms with Crippen LogP contribution in [-0.2, 0) is 23.9 Å². The third-order valence-corrected chi connectivity index (χ3v) is 4.83. The van der Waals surface area contributed by atoms with Gasteiger partial charge < -0.3 is 24.6 Å². The van der Waals surface area contributed by atoms with Crippen LogP contribution in [0.2, 0.25) is 5.02 Å². The number of hydrogen-bond donors (Lipinski definition) is 1. The van der Waals surface area contributed by atoms with Gasteiger partial charge in [0.2, 0.25) is 5.91 Å². The summed E-state index contributed by atoms with van der Waals surface area (Å²) in [6.07, 6.45) is 1.02. The van der Waals surface area contributed by atoms with Crippen LogP contribution in [-0.4, -0.2) is 63.1 Å². The maximum atomic E-state index is 12.2. The molecule has 0 aromatic heterocycles. The smallest absolute Gasteiger partial charge is 0.354 e. The van der Waals surface area contributed by atoms with Crippen LogP contribution < -0.4 is 10.2 Å². The standard InChI is InChI=1S/C20H26ClN3O5/c1-13(2)19(26)24-10-8-23(9-11-24)18-14(21)6-5-7-15(18)22-16(20(27)29-4)12-17(25)28-3/h5-7,12-13,22H,8-11H2,1-4H3/b16-12+. The number of rotatable bonds is 6. The van der Waals surface area contributed by atoms with Crippen LogP contribution in [0.3, 0.4) is 0 Å². The molecule has 1 heterocycles. The van der Waals surface area contributed by atoms with E-state index >= 15 is 0 Å². The van der Waals surface area contributed by atoms with E-state index in [1.54, 1.807) is 18.2 Å². The Morgan fingerprint density at radius 2 is 1.76 bits per heavy atom. The molecule has 1 aliphatic rings. The highest BCUT2D eigenvalue weighted by molar-refractivity contribution is 6.34. The Bertz CT molecular complexity index is 801. The minimum atomic E-state index is -0.714. The van der Waals surface area contributed by atoms with E-state index in [4.69, 9.17) is 16.3 Å². The Kier molecular flexibility index (Phi) is 7.90. The number of nitrogens with one attached hydrogen (secondary N) is 1. The first-order valence-corrected chi connectivity index (χ1v) is 9.63. The number of methoxy groups -OCH3 is 2. The number of hydrogen-bond acceptors (Lipinski definition) is 7. The molecule has 158 valence electrons. The third kappa shape index (κ3) is 5.63. The van der Waals surface area contributed by atoms with Gasteiger partial charge in [-0.3, -0.25) is 4.79 Å². The summed E-state index contributed by atoms with van der Waals surface area (Å²) in [7, 11) is 2.44. The van der Waals surface area contributed by atoms with Crippen LogP contribution in [0.5, 0.6) is 0 Å². The second-order valence-electron chi connectivity index (χ2n) is 6.80. The maximum absolute atomic E-state index is 12.2. The second kappa shape index (κ2) is 10.2. The largest absolute Gasteiger partial charge is 0.466 e. The minimum absolute atomic E-state index is 0.0508. The monoisotopic (exact) mass is 423 g/mol. The lowest BCUT2D eigenvalue weighted by Crippen LogP contribution is -2.50. The fourth-order valence-corrected chi connectivity index (χ4v) is 3.33. The quantitative estimate of drug-likeness (QED) is 0.554. The van der Waals surface area contributed by atoms with Crippen molar-refractivity contribution >= 4 is 40.8 Å².